The van der Waals surface area contributed by atoms with E-state index in [1.807, 2.05) is 0 Å². The molecule has 0 bridgehead atoms. The second-order valence-corrected chi connectivity index (χ2v) is 6.16. The predicted molar refractivity (Wildman–Crippen MR) is 76.3 cm³/mol. The molecular weight excluding hydrogens is 236 g/mol. The second-order valence-electron chi connectivity index (χ2n) is 6.16. The molecule has 0 saturated carbocycles. The number of likely N-dealkylation sites (tertiary alicyclic amines) is 1. The van der Waals surface area contributed by atoms with Gasteiger partial charge in [-0.1, -0.05) is 0 Å². The Morgan fingerprint density at radius 2 is 2.26 bits per heavy atom. The van der Waals surface area contributed by atoms with E-state index in [9.17, 15) is 0 Å². The highest BCUT2D eigenvalue weighted by atomic mass is 15.1. The highest BCUT2D eigenvalue weighted by molar-refractivity contribution is 5.16. The Kier molecular flexibility index (Phi) is 3.80. The SMILES string of the molecule is Cc1cc(C2CCN(C)C2)nc(CC2CCNC2)n1. The van der Waals surface area contributed by atoms with Crippen molar-refractivity contribution in [1.82, 2.24) is 20.2 Å². The number of rotatable bonds is 3. The van der Waals surface area contributed by atoms with Crippen LogP contribution in [0.25, 0.3) is 0 Å². The molecule has 104 valence electrons. The summed E-state index contributed by atoms with van der Waals surface area (Å²) in [5.74, 6) is 2.38. The van der Waals surface area contributed by atoms with E-state index < -0.39 is 0 Å². The largest absolute Gasteiger partial charge is 0.316 e. The summed E-state index contributed by atoms with van der Waals surface area (Å²) in [6, 6.07) is 2.18. The lowest BCUT2D eigenvalue weighted by atomic mass is 10.0. The number of aryl methyl sites for hydroxylation is 1. The molecule has 2 atom stereocenters. The fourth-order valence-electron chi connectivity index (χ4n) is 3.28. The summed E-state index contributed by atoms with van der Waals surface area (Å²) in [5, 5.41) is 3.42. The Bertz CT molecular complexity index is 440. The quantitative estimate of drug-likeness (QED) is 0.891. The van der Waals surface area contributed by atoms with E-state index in [0.717, 1.165) is 43.5 Å². The van der Waals surface area contributed by atoms with Gasteiger partial charge in [-0.2, -0.15) is 0 Å². The van der Waals surface area contributed by atoms with Crippen molar-refractivity contribution in [3.05, 3.63) is 23.3 Å². The highest BCUT2D eigenvalue weighted by Gasteiger charge is 2.24. The maximum absolute atomic E-state index is 4.85. The van der Waals surface area contributed by atoms with E-state index in [-0.39, 0.29) is 0 Å². The predicted octanol–water partition coefficient (Wildman–Crippen LogP) is 1.36. The third-order valence-electron chi connectivity index (χ3n) is 4.36. The van der Waals surface area contributed by atoms with Gasteiger partial charge < -0.3 is 10.2 Å². The minimum atomic E-state index is 0.604. The van der Waals surface area contributed by atoms with Crippen molar-refractivity contribution >= 4 is 0 Å². The average Bonchev–Trinajstić information content (AvgIpc) is 3.00. The first-order chi connectivity index (χ1) is 9.20. The fraction of sp³-hybridized carbons (Fsp3) is 0.733. The van der Waals surface area contributed by atoms with Crippen molar-refractivity contribution in [3.8, 4) is 0 Å². The Labute approximate surface area is 115 Å². The fourth-order valence-corrected chi connectivity index (χ4v) is 3.28. The zero-order valence-corrected chi connectivity index (χ0v) is 12.0. The molecule has 1 aromatic heterocycles. The van der Waals surface area contributed by atoms with Crippen molar-refractivity contribution in [2.75, 3.05) is 33.2 Å². The zero-order valence-electron chi connectivity index (χ0n) is 12.0. The molecule has 0 aliphatic carbocycles. The van der Waals surface area contributed by atoms with Gasteiger partial charge in [0.25, 0.3) is 0 Å². The van der Waals surface area contributed by atoms with E-state index in [1.54, 1.807) is 0 Å². The Morgan fingerprint density at radius 1 is 1.37 bits per heavy atom. The van der Waals surface area contributed by atoms with Crippen LogP contribution in [-0.2, 0) is 6.42 Å². The van der Waals surface area contributed by atoms with Crippen molar-refractivity contribution < 1.29 is 0 Å². The van der Waals surface area contributed by atoms with E-state index in [1.165, 1.54) is 25.1 Å². The molecule has 4 heteroatoms. The van der Waals surface area contributed by atoms with Crippen LogP contribution in [-0.4, -0.2) is 48.1 Å². The van der Waals surface area contributed by atoms with Gasteiger partial charge in [-0.3, -0.25) is 0 Å². The molecule has 1 aromatic rings. The van der Waals surface area contributed by atoms with Crippen LogP contribution in [0.5, 0.6) is 0 Å². The zero-order chi connectivity index (χ0) is 13.2. The Hall–Kier alpha value is -1.00. The van der Waals surface area contributed by atoms with E-state index >= 15 is 0 Å². The normalized spacial score (nSPS) is 28.1. The summed E-state index contributed by atoms with van der Waals surface area (Å²) in [4.78, 5) is 11.9. The average molecular weight is 260 g/mol. The molecule has 0 spiro atoms. The molecule has 2 aliphatic heterocycles. The van der Waals surface area contributed by atoms with Crippen LogP contribution in [0.15, 0.2) is 6.07 Å². The molecule has 0 amide bonds. The van der Waals surface area contributed by atoms with Gasteiger partial charge in [0.2, 0.25) is 0 Å². The monoisotopic (exact) mass is 260 g/mol. The third kappa shape index (κ3) is 3.12. The Morgan fingerprint density at radius 3 is 2.95 bits per heavy atom. The minimum absolute atomic E-state index is 0.604. The lowest BCUT2D eigenvalue weighted by Crippen LogP contribution is -2.16. The smallest absolute Gasteiger partial charge is 0.129 e. The van der Waals surface area contributed by atoms with Gasteiger partial charge in [-0.25, -0.2) is 9.97 Å². The maximum atomic E-state index is 4.85. The van der Waals surface area contributed by atoms with Gasteiger partial charge in [0, 0.05) is 30.3 Å². The molecule has 2 unspecified atom stereocenters. The topological polar surface area (TPSA) is 41.1 Å². The van der Waals surface area contributed by atoms with Gasteiger partial charge in [-0.15, -0.1) is 0 Å². The number of hydrogen-bond donors (Lipinski definition) is 1. The minimum Gasteiger partial charge on any atom is -0.316 e. The standard InChI is InChI=1S/C15H24N4/c1-11-7-14(13-4-6-19(2)10-13)18-15(17-11)8-12-3-5-16-9-12/h7,12-13,16H,3-6,8-10H2,1-2H3. The number of likely N-dealkylation sites (N-methyl/N-ethyl adjacent to an activating group) is 1. The summed E-state index contributed by atoms with van der Waals surface area (Å²) >= 11 is 0. The van der Waals surface area contributed by atoms with E-state index in [0.29, 0.717) is 5.92 Å². The van der Waals surface area contributed by atoms with Crippen LogP contribution in [0, 0.1) is 12.8 Å². The van der Waals surface area contributed by atoms with Gasteiger partial charge >= 0.3 is 0 Å². The molecule has 1 N–H and O–H groups in total. The van der Waals surface area contributed by atoms with Crippen LogP contribution >= 0.6 is 0 Å². The first-order valence-corrected chi connectivity index (χ1v) is 7.44. The van der Waals surface area contributed by atoms with Gasteiger partial charge in [0.15, 0.2) is 0 Å². The van der Waals surface area contributed by atoms with Gasteiger partial charge in [-0.05, 0) is 58.4 Å². The third-order valence-corrected chi connectivity index (χ3v) is 4.36. The molecule has 0 aromatic carbocycles. The number of aromatic nitrogens is 2. The summed E-state index contributed by atoms with van der Waals surface area (Å²) in [5.41, 5.74) is 2.39. The summed E-state index contributed by atoms with van der Waals surface area (Å²) < 4.78 is 0. The van der Waals surface area contributed by atoms with Crippen LogP contribution in [0.2, 0.25) is 0 Å². The van der Waals surface area contributed by atoms with Crippen LogP contribution in [0.1, 0.15) is 36.0 Å². The lowest BCUT2D eigenvalue weighted by molar-refractivity contribution is 0.410. The highest BCUT2D eigenvalue weighted by Crippen LogP contribution is 2.25. The molecule has 19 heavy (non-hydrogen) atoms. The molecule has 0 radical (unpaired) electrons. The van der Waals surface area contributed by atoms with Crippen molar-refractivity contribution in [2.45, 2.75) is 32.1 Å². The first kappa shape index (κ1) is 13.0. The number of nitrogens with one attached hydrogen (secondary N) is 1. The number of nitrogens with zero attached hydrogens (tertiary/aromatic N) is 3. The van der Waals surface area contributed by atoms with Crippen LogP contribution < -0.4 is 5.32 Å². The molecule has 2 saturated heterocycles. The summed E-state index contributed by atoms with van der Waals surface area (Å²) in [6.07, 6.45) is 3.53. The first-order valence-electron chi connectivity index (χ1n) is 7.44. The Balaban J connectivity index is 1.75. The summed E-state index contributed by atoms with van der Waals surface area (Å²) in [7, 11) is 2.19. The van der Waals surface area contributed by atoms with E-state index in [2.05, 4.69) is 35.2 Å². The van der Waals surface area contributed by atoms with Gasteiger partial charge in [0.05, 0.1) is 0 Å². The maximum Gasteiger partial charge on any atom is 0.129 e. The number of hydrogen-bond acceptors (Lipinski definition) is 4. The van der Waals surface area contributed by atoms with Crippen LogP contribution in [0.4, 0.5) is 0 Å². The van der Waals surface area contributed by atoms with Crippen LogP contribution in [0.3, 0.4) is 0 Å². The molecule has 3 heterocycles. The molecular formula is C15H24N4. The molecule has 4 nitrogen and oxygen atoms in total. The van der Waals surface area contributed by atoms with Gasteiger partial charge in [0.1, 0.15) is 5.82 Å². The molecule has 2 aliphatic rings. The van der Waals surface area contributed by atoms with Crippen molar-refractivity contribution in [3.63, 3.8) is 0 Å². The summed E-state index contributed by atoms with van der Waals surface area (Å²) in [6.45, 7) is 6.70. The molecule has 2 fully saturated rings. The van der Waals surface area contributed by atoms with Crippen molar-refractivity contribution in [1.29, 1.82) is 0 Å². The van der Waals surface area contributed by atoms with E-state index in [4.69, 9.17) is 4.98 Å². The molecule has 3 rings (SSSR count). The van der Waals surface area contributed by atoms with Crippen molar-refractivity contribution in [2.24, 2.45) is 5.92 Å². The lowest BCUT2D eigenvalue weighted by Gasteiger charge is -2.13. The second kappa shape index (κ2) is 5.55.